The first-order valence-corrected chi connectivity index (χ1v) is 8.53. The molecule has 0 aliphatic rings. The Morgan fingerprint density at radius 1 is 1.12 bits per heavy atom. The lowest BCUT2D eigenvalue weighted by Gasteiger charge is -2.07. The number of benzene rings is 2. The molecule has 2 rings (SSSR count). The normalized spacial score (nSPS) is 11.9. The van der Waals surface area contributed by atoms with Crippen molar-refractivity contribution in [2.24, 2.45) is 0 Å². The van der Waals surface area contributed by atoms with Crippen molar-refractivity contribution in [3.8, 4) is 11.8 Å². The van der Waals surface area contributed by atoms with Crippen LogP contribution in [-0.2, 0) is 9.84 Å². The number of nitrogens with zero attached hydrogens (tertiary/aromatic N) is 1. The number of rotatable bonds is 6. The Bertz CT molecular complexity index is 878. The zero-order valence-electron chi connectivity index (χ0n) is 13.0. The van der Waals surface area contributed by atoms with Crippen LogP contribution in [0, 0.1) is 11.3 Å². The number of methoxy groups -OCH3 is 1. The molecule has 0 amide bonds. The maximum Gasteiger partial charge on any atom is 0.208 e. The minimum absolute atomic E-state index is 0.00827. The third kappa shape index (κ3) is 4.24. The van der Waals surface area contributed by atoms with E-state index < -0.39 is 9.84 Å². The Balaban J connectivity index is 2.34. The minimum atomic E-state index is -3.72. The van der Waals surface area contributed by atoms with Crippen LogP contribution in [0.4, 0.5) is 5.69 Å². The van der Waals surface area contributed by atoms with E-state index in [1.165, 1.54) is 24.4 Å². The van der Waals surface area contributed by atoms with E-state index in [-0.39, 0.29) is 9.80 Å². The number of nitriles is 1. The van der Waals surface area contributed by atoms with Crippen molar-refractivity contribution in [2.75, 3.05) is 12.4 Å². The first kappa shape index (κ1) is 17.3. The van der Waals surface area contributed by atoms with E-state index in [1.807, 2.05) is 0 Å². The fourth-order valence-corrected chi connectivity index (χ4v) is 3.16. The lowest BCUT2D eigenvalue weighted by Crippen LogP contribution is -2.05. The second-order valence-electron chi connectivity index (χ2n) is 4.70. The van der Waals surface area contributed by atoms with E-state index in [0.717, 1.165) is 6.08 Å². The fourth-order valence-electron chi connectivity index (χ4n) is 1.91. The third-order valence-electron chi connectivity index (χ3n) is 3.16. The summed E-state index contributed by atoms with van der Waals surface area (Å²) >= 11 is 0. The number of nitrogens with one attached hydrogen (secondary N) is 1. The number of ether oxygens (including phenoxy) is 1. The Kier molecular flexibility index (Phi) is 5.77. The number of hydrogen-bond donors (Lipinski definition) is 1. The van der Waals surface area contributed by atoms with Gasteiger partial charge in [0.2, 0.25) is 9.84 Å². The molecular weight excluding hydrogens is 324 g/mol. The smallest absolute Gasteiger partial charge is 0.208 e. The Morgan fingerprint density at radius 3 is 2.38 bits per heavy atom. The van der Waals surface area contributed by atoms with Crippen LogP contribution in [0.2, 0.25) is 0 Å². The highest BCUT2D eigenvalue weighted by Gasteiger charge is 2.18. The molecule has 0 aliphatic heterocycles. The van der Waals surface area contributed by atoms with Gasteiger partial charge in [-0.25, -0.2) is 8.42 Å². The molecule has 0 heterocycles. The van der Waals surface area contributed by atoms with Crippen molar-refractivity contribution in [3.63, 3.8) is 0 Å². The van der Waals surface area contributed by atoms with Gasteiger partial charge in [0.25, 0.3) is 0 Å². The summed E-state index contributed by atoms with van der Waals surface area (Å²) in [6.07, 6.45) is 3.75. The summed E-state index contributed by atoms with van der Waals surface area (Å²) in [5, 5.41) is 11.6. The third-order valence-corrected chi connectivity index (χ3v) is 4.92. The van der Waals surface area contributed by atoms with Crippen LogP contribution in [0.5, 0.6) is 5.75 Å². The van der Waals surface area contributed by atoms with Crippen LogP contribution in [0.25, 0.3) is 0 Å². The Morgan fingerprint density at radius 2 is 1.79 bits per heavy atom. The van der Waals surface area contributed by atoms with Gasteiger partial charge in [-0.1, -0.05) is 18.2 Å². The molecule has 0 bridgehead atoms. The topological polar surface area (TPSA) is 79.2 Å². The van der Waals surface area contributed by atoms with E-state index in [9.17, 15) is 8.42 Å². The van der Waals surface area contributed by atoms with Crippen molar-refractivity contribution in [3.05, 3.63) is 77.9 Å². The van der Waals surface area contributed by atoms with E-state index in [1.54, 1.807) is 55.6 Å². The number of allylic oxidation sites excluding steroid dienone is 2. The van der Waals surface area contributed by atoms with Gasteiger partial charge in [-0.3, -0.25) is 0 Å². The molecular formula is C18H16N2O3S. The SMILES string of the molecule is COc1ccc(N/C=C(\C=C\C#N)S(=O)(=O)c2ccccc2)cc1. The molecule has 0 atom stereocenters. The largest absolute Gasteiger partial charge is 0.497 e. The molecule has 0 aromatic heterocycles. The Labute approximate surface area is 141 Å². The molecule has 0 fully saturated rings. The molecule has 6 heteroatoms. The van der Waals surface area contributed by atoms with Crippen LogP contribution < -0.4 is 10.1 Å². The van der Waals surface area contributed by atoms with E-state index >= 15 is 0 Å². The van der Waals surface area contributed by atoms with E-state index in [0.29, 0.717) is 11.4 Å². The molecule has 0 spiro atoms. The highest BCUT2D eigenvalue weighted by Crippen LogP contribution is 2.21. The van der Waals surface area contributed by atoms with Gasteiger partial charge in [-0.15, -0.1) is 0 Å². The number of sulfone groups is 1. The molecule has 0 saturated heterocycles. The molecule has 0 unspecified atom stereocenters. The molecule has 0 saturated carbocycles. The molecule has 24 heavy (non-hydrogen) atoms. The molecule has 0 aliphatic carbocycles. The summed E-state index contributed by atoms with van der Waals surface area (Å²) in [7, 11) is -2.15. The summed E-state index contributed by atoms with van der Waals surface area (Å²) in [5.74, 6) is 0.700. The molecule has 1 N–H and O–H groups in total. The average Bonchev–Trinajstić information content (AvgIpc) is 2.62. The van der Waals surface area contributed by atoms with Crippen molar-refractivity contribution in [2.45, 2.75) is 4.90 Å². The summed E-state index contributed by atoms with van der Waals surface area (Å²) in [6.45, 7) is 0. The monoisotopic (exact) mass is 340 g/mol. The summed E-state index contributed by atoms with van der Waals surface area (Å²) in [4.78, 5) is 0.154. The number of hydrogen-bond acceptors (Lipinski definition) is 5. The standard InChI is InChI=1S/C18H16N2O3S/c1-23-16-11-9-15(10-12-16)20-14-18(8-5-13-19)24(21,22)17-6-3-2-4-7-17/h2-12,14,20H,1H3/b8-5+,18-14+. The van der Waals surface area contributed by atoms with Gasteiger partial charge in [-0.05, 0) is 42.5 Å². The predicted molar refractivity (Wildman–Crippen MR) is 93.1 cm³/mol. The molecule has 2 aromatic carbocycles. The number of anilines is 1. The van der Waals surface area contributed by atoms with Gasteiger partial charge in [0.15, 0.2) is 0 Å². The van der Waals surface area contributed by atoms with Gasteiger partial charge in [0.05, 0.1) is 23.0 Å². The van der Waals surface area contributed by atoms with Crippen LogP contribution >= 0.6 is 0 Å². The van der Waals surface area contributed by atoms with Gasteiger partial charge in [0, 0.05) is 18.0 Å². The van der Waals surface area contributed by atoms with Gasteiger partial charge >= 0.3 is 0 Å². The minimum Gasteiger partial charge on any atom is -0.497 e. The van der Waals surface area contributed by atoms with Crippen molar-refractivity contribution < 1.29 is 13.2 Å². The second kappa shape index (κ2) is 7.99. The van der Waals surface area contributed by atoms with Crippen LogP contribution in [0.3, 0.4) is 0 Å². The average molecular weight is 340 g/mol. The van der Waals surface area contributed by atoms with Gasteiger partial charge < -0.3 is 10.1 Å². The quantitative estimate of drug-likeness (QED) is 0.643. The lowest BCUT2D eigenvalue weighted by atomic mass is 10.3. The van der Waals surface area contributed by atoms with Gasteiger partial charge in [-0.2, -0.15) is 5.26 Å². The maximum absolute atomic E-state index is 12.7. The highest BCUT2D eigenvalue weighted by molar-refractivity contribution is 7.95. The van der Waals surface area contributed by atoms with E-state index in [4.69, 9.17) is 10.00 Å². The summed E-state index contributed by atoms with van der Waals surface area (Å²) in [6, 6.07) is 16.9. The predicted octanol–water partition coefficient (Wildman–Crippen LogP) is 3.50. The van der Waals surface area contributed by atoms with Crippen LogP contribution in [-0.4, -0.2) is 15.5 Å². The first-order chi connectivity index (χ1) is 11.6. The summed E-state index contributed by atoms with van der Waals surface area (Å²) in [5.41, 5.74) is 0.696. The van der Waals surface area contributed by atoms with Crippen LogP contribution in [0.15, 0.2) is 82.7 Å². The molecule has 122 valence electrons. The van der Waals surface area contributed by atoms with Crippen LogP contribution in [0.1, 0.15) is 0 Å². The molecule has 5 nitrogen and oxygen atoms in total. The van der Waals surface area contributed by atoms with Crippen molar-refractivity contribution >= 4 is 15.5 Å². The zero-order valence-corrected chi connectivity index (χ0v) is 13.8. The lowest BCUT2D eigenvalue weighted by molar-refractivity contribution is 0.415. The van der Waals surface area contributed by atoms with Crippen molar-refractivity contribution in [1.82, 2.24) is 0 Å². The molecule has 0 radical (unpaired) electrons. The zero-order chi connectivity index (χ0) is 17.4. The maximum atomic E-state index is 12.7. The van der Waals surface area contributed by atoms with Gasteiger partial charge in [0.1, 0.15) is 5.75 Å². The fraction of sp³-hybridized carbons (Fsp3) is 0.0556. The first-order valence-electron chi connectivity index (χ1n) is 7.05. The summed E-state index contributed by atoms with van der Waals surface area (Å²) < 4.78 is 30.4. The Hall–Kier alpha value is -3.04. The van der Waals surface area contributed by atoms with E-state index in [2.05, 4.69) is 5.32 Å². The highest BCUT2D eigenvalue weighted by atomic mass is 32.2. The second-order valence-corrected chi connectivity index (χ2v) is 6.65. The molecule has 2 aromatic rings. The van der Waals surface area contributed by atoms with Crippen molar-refractivity contribution in [1.29, 1.82) is 5.26 Å².